The number of fused-ring (bicyclic) bond motifs is 1. The molecule has 32 heavy (non-hydrogen) atoms. The highest BCUT2D eigenvalue weighted by Crippen LogP contribution is 2.38. The van der Waals surface area contributed by atoms with Crippen LogP contribution in [-0.4, -0.2) is 63.4 Å². The molecule has 1 amide bonds. The SMILES string of the molecule is COC(=O)c1cc(Nc2ccc3c(n2)N(C2CCOCC2)C(C)C(=O)N3C)ccc1OC. The number of methoxy groups -OCH3 is 2. The van der Waals surface area contributed by atoms with Crippen LogP contribution < -0.4 is 19.9 Å². The average molecular weight is 441 g/mol. The van der Waals surface area contributed by atoms with Gasteiger partial charge in [0.1, 0.15) is 23.2 Å². The van der Waals surface area contributed by atoms with E-state index in [1.54, 1.807) is 30.1 Å². The van der Waals surface area contributed by atoms with Crippen LogP contribution in [0.15, 0.2) is 30.3 Å². The van der Waals surface area contributed by atoms with Crippen LogP contribution in [0.25, 0.3) is 0 Å². The second-order valence-electron chi connectivity index (χ2n) is 7.89. The van der Waals surface area contributed by atoms with Gasteiger partial charge >= 0.3 is 5.97 Å². The van der Waals surface area contributed by atoms with E-state index in [1.807, 2.05) is 19.1 Å². The fourth-order valence-electron chi connectivity index (χ4n) is 4.32. The number of anilines is 4. The summed E-state index contributed by atoms with van der Waals surface area (Å²) in [6.07, 6.45) is 1.70. The Hall–Kier alpha value is -3.33. The molecule has 1 unspecified atom stereocenters. The third-order valence-electron chi connectivity index (χ3n) is 6.03. The molecule has 1 fully saturated rings. The Balaban J connectivity index is 1.69. The second kappa shape index (κ2) is 9.04. The van der Waals surface area contributed by atoms with Crippen LogP contribution in [0, 0.1) is 0 Å². The number of hydrogen-bond donors (Lipinski definition) is 1. The molecular weight excluding hydrogens is 412 g/mol. The van der Waals surface area contributed by atoms with Crippen molar-refractivity contribution in [2.45, 2.75) is 31.8 Å². The number of esters is 1. The van der Waals surface area contributed by atoms with E-state index in [9.17, 15) is 9.59 Å². The summed E-state index contributed by atoms with van der Waals surface area (Å²) in [5, 5.41) is 3.26. The van der Waals surface area contributed by atoms with Gasteiger partial charge in [-0.05, 0) is 50.1 Å². The van der Waals surface area contributed by atoms with Crippen molar-refractivity contribution in [2.24, 2.45) is 0 Å². The lowest BCUT2D eigenvalue weighted by Crippen LogP contribution is -2.56. The predicted octanol–water partition coefficient (Wildman–Crippen LogP) is 2.97. The van der Waals surface area contributed by atoms with Crippen molar-refractivity contribution in [1.29, 1.82) is 0 Å². The van der Waals surface area contributed by atoms with Gasteiger partial charge < -0.3 is 29.3 Å². The van der Waals surface area contributed by atoms with Gasteiger partial charge in [-0.15, -0.1) is 0 Å². The minimum atomic E-state index is -0.483. The van der Waals surface area contributed by atoms with Gasteiger partial charge in [0.25, 0.3) is 0 Å². The molecule has 1 N–H and O–H groups in total. The zero-order valence-corrected chi connectivity index (χ0v) is 18.8. The maximum atomic E-state index is 12.9. The Labute approximate surface area is 187 Å². The third kappa shape index (κ3) is 3.95. The summed E-state index contributed by atoms with van der Waals surface area (Å²) in [4.78, 5) is 33.6. The number of aromatic nitrogens is 1. The smallest absolute Gasteiger partial charge is 0.341 e. The van der Waals surface area contributed by atoms with Crippen LogP contribution >= 0.6 is 0 Å². The molecule has 2 aromatic rings. The first-order valence-electron chi connectivity index (χ1n) is 10.6. The number of nitrogens with zero attached hydrogens (tertiary/aromatic N) is 3. The zero-order valence-electron chi connectivity index (χ0n) is 18.8. The molecule has 1 atom stereocenters. The summed E-state index contributed by atoms with van der Waals surface area (Å²) in [7, 11) is 4.61. The summed E-state index contributed by atoms with van der Waals surface area (Å²) in [6.45, 7) is 3.27. The Bertz CT molecular complexity index is 1020. The number of rotatable bonds is 5. The standard InChI is InChI=1S/C23H28N4O5/c1-14-22(28)26(2)18-6-8-20(25-21(18)27(14)16-9-11-32-12-10-16)24-15-5-7-19(30-3)17(13-15)23(29)31-4/h5-8,13-14,16H,9-12H2,1-4H3,(H,24,25). The molecule has 3 heterocycles. The van der Waals surface area contributed by atoms with Gasteiger partial charge in [-0.1, -0.05) is 0 Å². The van der Waals surface area contributed by atoms with Crippen LogP contribution in [0.1, 0.15) is 30.1 Å². The van der Waals surface area contributed by atoms with Gasteiger partial charge in [0, 0.05) is 32.0 Å². The van der Waals surface area contributed by atoms with E-state index >= 15 is 0 Å². The van der Waals surface area contributed by atoms with Crippen LogP contribution in [0.4, 0.5) is 23.0 Å². The lowest BCUT2D eigenvalue weighted by atomic mass is 10.0. The highest BCUT2D eigenvalue weighted by molar-refractivity contribution is 6.04. The number of likely N-dealkylation sites (N-methyl/N-ethyl adjacent to an activating group) is 1. The molecule has 1 aromatic carbocycles. The number of amides is 1. The number of carbonyl (C=O) groups is 2. The fraction of sp³-hybridized carbons (Fsp3) is 0.435. The summed E-state index contributed by atoms with van der Waals surface area (Å²) in [6, 6.07) is 8.76. The fourth-order valence-corrected chi connectivity index (χ4v) is 4.32. The van der Waals surface area contributed by atoms with Crippen LogP contribution in [0.5, 0.6) is 5.75 Å². The molecule has 2 aliphatic heterocycles. The first-order chi connectivity index (χ1) is 15.4. The van der Waals surface area contributed by atoms with Crippen molar-refractivity contribution in [2.75, 3.05) is 49.6 Å². The van der Waals surface area contributed by atoms with Gasteiger partial charge in [-0.3, -0.25) is 4.79 Å². The van der Waals surface area contributed by atoms with Crippen molar-refractivity contribution in [3.8, 4) is 5.75 Å². The Morgan fingerprint density at radius 2 is 1.94 bits per heavy atom. The van der Waals surface area contributed by atoms with Crippen molar-refractivity contribution in [1.82, 2.24) is 4.98 Å². The second-order valence-corrected chi connectivity index (χ2v) is 7.89. The Morgan fingerprint density at radius 1 is 1.19 bits per heavy atom. The molecule has 0 aliphatic carbocycles. The van der Waals surface area contributed by atoms with E-state index in [-0.39, 0.29) is 18.0 Å². The zero-order chi connectivity index (χ0) is 22.8. The Morgan fingerprint density at radius 3 is 2.62 bits per heavy atom. The minimum absolute atomic E-state index is 0.0457. The molecule has 170 valence electrons. The first kappa shape index (κ1) is 21.9. The van der Waals surface area contributed by atoms with E-state index in [4.69, 9.17) is 19.2 Å². The van der Waals surface area contributed by atoms with Gasteiger partial charge in [0.15, 0.2) is 5.82 Å². The largest absolute Gasteiger partial charge is 0.496 e. The van der Waals surface area contributed by atoms with Gasteiger partial charge in [0.2, 0.25) is 5.91 Å². The molecule has 0 saturated carbocycles. The highest BCUT2D eigenvalue weighted by Gasteiger charge is 2.39. The van der Waals surface area contributed by atoms with Crippen molar-refractivity contribution in [3.63, 3.8) is 0 Å². The number of nitrogens with one attached hydrogen (secondary N) is 1. The van der Waals surface area contributed by atoms with Gasteiger partial charge in [0.05, 0.1) is 19.9 Å². The number of benzene rings is 1. The lowest BCUT2D eigenvalue weighted by Gasteiger charge is -2.44. The van der Waals surface area contributed by atoms with Crippen molar-refractivity contribution in [3.05, 3.63) is 35.9 Å². The molecule has 4 rings (SSSR count). The molecule has 0 radical (unpaired) electrons. The van der Waals surface area contributed by atoms with Crippen LogP contribution in [-0.2, 0) is 14.3 Å². The van der Waals surface area contributed by atoms with Gasteiger partial charge in [-0.25, -0.2) is 9.78 Å². The van der Waals surface area contributed by atoms with Gasteiger partial charge in [-0.2, -0.15) is 0 Å². The number of carbonyl (C=O) groups excluding carboxylic acids is 2. The molecular formula is C23H28N4O5. The monoisotopic (exact) mass is 440 g/mol. The molecule has 0 spiro atoms. The molecule has 0 bridgehead atoms. The maximum Gasteiger partial charge on any atom is 0.341 e. The molecule has 2 aliphatic rings. The maximum absolute atomic E-state index is 12.9. The highest BCUT2D eigenvalue weighted by atomic mass is 16.5. The predicted molar refractivity (Wildman–Crippen MR) is 121 cm³/mol. The minimum Gasteiger partial charge on any atom is -0.496 e. The summed E-state index contributed by atoms with van der Waals surface area (Å²) in [5.74, 6) is 1.36. The van der Waals surface area contributed by atoms with E-state index < -0.39 is 5.97 Å². The molecule has 9 heteroatoms. The van der Waals surface area contributed by atoms with Crippen molar-refractivity contribution < 1.29 is 23.8 Å². The van der Waals surface area contributed by atoms with Crippen LogP contribution in [0.2, 0.25) is 0 Å². The topological polar surface area (TPSA) is 93.2 Å². The summed E-state index contributed by atoms with van der Waals surface area (Å²) < 4.78 is 15.6. The summed E-state index contributed by atoms with van der Waals surface area (Å²) in [5.41, 5.74) is 1.76. The first-order valence-corrected chi connectivity index (χ1v) is 10.6. The van der Waals surface area contributed by atoms with E-state index in [0.29, 0.717) is 36.0 Å². The molecule has 9 nitrogen and oxygen atoms in total. The van der Waals surface area contributed by atoms with Crippen molar-refractivity contribution >= 4 is 34.9 Å². The quantitative estimate of drug-likeness (QED) is 0.710. The lowest BCUT2D eigenvalue weighted by molar-refractivity contribution is -0.119. The normalized spacial score (nSPS) is 18.9. The van der Waals surface area contributed by atoms with Crippen LogP contribution in [0.3, 0.4) is 0 Å². The number of ether oxygens (including phenoxy) is 3. The summed E-state index contributed by atoms with van der Waals surface area (Å²) >= 11 is 0. The molecule has 1 saturated heterocycles. The molecule has 1 aromatic heterocycles. The van der Waals surface area contributed by atoms with E-state index in [2.05, 4.69) is 10.2 Å². The van der Waals surface area contributed by atoms with E-state index in [0.717, 1.165) is 24.3 Å². The number of pyridine rings is 1. The third-order valence-corrected chi connectivity index (χ3v) is 6.03. The number of hydrogen-bond acceptors (Lipinski definition) is 8. The average Bonchev–Trinajstić information content (AvgIpc) is 2.83. The van der Waals surface area contributed by atoms with E-state index in [1.165, 1.54) is 14.2 Å². The Kier molecular flexibility index (Phi) is 6.18.